The molecular weight excluding hydrogens is 444 g/mol. The van der Waals surface area contributed by atoms with E-state index in [9.17, 15) is 0 Å². The van der Waals surface area contributed by atoms with Gasteiger partial charge in [0, 0.05) is 95.6 Å². The lowest BCUT2D eigenvalue weighted by Gasteiger charge is -2.10. The number of nitrogen functional groups attached to an aromatic ring is 4. The molecule has 0 spiro atoms. The van der Waals surface area contributed by atoms with Crippen molar-refractivity contribution < 1.29 is 0 Å². The normalized spacial score (nSPS) is 12.6. The number of hydrogen-bond donors (Lipinski definition) is 4. The molecular formula is C30H28N6+2. The van der Waals surface area contributed by atoms with Gasteiger partial charge in [-0.3, -0.25) is 0 Å². The van der Waals surface area contributed by atoms with Gasteiger partial charge in [-0.25, -0.2) is 0 Å². The Morgan fingerprint density at radius 1 is 0.306 bits per heavy atom. The predicted molar refractivity (Wildman–Crippen MR) is 155 cm³/mol. The maximum atomic E-state index is 5.95. The summed E-state index contributed by atoms with van der Waals surface area (Å²) >= 11 is 0. The van der Waals surface area contributed by atoms with Crippen LogP contribution in [0.5, 0.6) is 0 Å². The number of nitrogens with two attached hydrogens (primary N) is 4. The van der Waals surface area contributed by atoms with Gasteiger partial charge in [0.05, 0.1) is 0 Å². The third kappa shape index (κ3) is 4.74. The van der Waals surface area contributed by atoms with E-state index in [1.807, 2.05) is 97.1 Å². The molecule has 1 aliphatic rings. The molecule has 0 saturated heterocycles. The van der Waals surface area contributed by atoms with Gasteiger partial charge in [-0.15, -0.1) is 0 Å². The van der Waals surface area contributed by atoms with Crippen molar-refractivity contribution in [2.24, 2.45) is 0 Å². The second-order valence-electron chi connectivity index (χ2n) is 8.55. The van der Waals surface area contributed by atoms with Crippen LogP contribution in [0.2, 0.25) is 0 Å². The average molecular weight is 473 g/mol. The fourth-order valence-electron chi connectivity index (χ4n) is 4.14. The third-order valence-electron chi connectivity index (χ3n) is 5.97. The minimum absolute atomic E-state index is 0.717. The number of hydrogen-bond acceptors (Lipinski definition) is 4. The number of allylic oxidation sites excluding steroid dienone is 4. The quantitative estimate of drug-likeness (QED) is 0.181. The fourth-order valence-corrected chi connectivity index (χ4v) is 4.14. The summed E-state index contributed by atoms with van der Waals surface area (Å²) in [6.45, 7) is 0. The lowest BCUT2D eigenvalue weighted by Crippen LogP contribution is -2.20. The van der Waals surface area contributed by atoms with Crippen LogP contribution in [-0.4, -0.2) is 11.4 Å². The van der Waals surface area contributed by atoms with E-state index in [4.69, 9.17) is 22.9 Å². The third-order valence-corrected chi connectivity index (χ3v) is 5.97. The zero-order valence-electron chi connectivity index (χ0n) is 19.8. The molecule has 4 aromatic carbocycles. The second-order valence-corrected chi connectivity index (χ2v) is 8.55. The standard InChI is InChI=1S/C30H27N6/c31-21-1-9-25(10-2-21)35(26-11-3-22(32)4-12-26)29-17-19-30(20-18-29)36(27-13-5-23(33)6-14-27)28-15-7-24(34)8-16-28/h1-20H,31-32H2,(H3,33,34)/q+1/p+1. The Morgan fingerprint density at radius 3 is 0.694 bits per heavy atom. The van der Waals surface area contributed by atoms with Gasteiger partial charge >= 0.3 is 0 Å². The van der Waals surface area contributed by atoms with Crippen LogP contribution in [0.3, 0.4) is 0 Å². The van der Waals surface area contributed by atoms with Crippen LogP contribution in [0, 0.1) is 0 Å². The van der Waals surface area contributed by atoms with Gasteiger partial charge in [-0.2, -0.15) is 9.15 Å². The molecule has 0 aromatic heterocycles. The van der Waals surface area contributed by atoms with E-state index in [0.717, 1.165) is 34.2 Å². The smallest absolute Gasteiger partial charge is 0.212 e. The fraction of sp³-hybridized carbons (Fsp3) is 0. The Labute approximate surface area is 210 Å². The molecule has 0 amide bonds. The topological polar surface area (TPSA) is 110 Å². The highest BCUT2D eigenvalue weighted by Gasteiger charge is 2.23. The number of nitrogens with zero attached hydrogens (tertiary/aromatic N) is 2. The van der Waals surface area contributed by atoms with Crippen LogP contribution >= 0.6 is 0 Å². The molecule has 1 aliphatic carbocycles. The summed E-state index contributed by atoms with van der Waals surface area (Å²) in [6.07, 6.45) is 8.40. The Hall–Kier alpha value is -5.10. The van der Waals surface area contributed by atoms with E-state index in [-0.39, 0.29) is 0 Å². The molecule has 176 valence electrons. The number of rotatable bonds is 4. The molecule has 4 aromatic rings. The molecule has 0 saturated carbocycles. The molecule has 0 radical (unpaired) electrons. The van der Waals surface area contributed by atoms with Gasteiger partial charge < -0.3 is 22.9 Å². The molecule has 8 N–H and O–H groups in total. The summed E-state index contributed by atoms with van der Waals surface area (Å²) in [4.78, 5) is 0. The molecule has 0 bridgehead atoms. The van der Waals surface area contributed by atoms with Crippen molar-refractivity contribution >= 4 is 56.9 Å². The van der Waals surface area contributed by atoms with Crippen molar-refractivity contribution in [3.8, 4) is 0 Å². The minimum Gasteiger partial charge on any atom is -0.399 e. The van der Waals surface area contributed by atoms with Crippen LogP contribution in [0.4, 0.5) is 45.5 Å². The summed E-state index contributed by atoms with van der Waals surface area (Å²) in [5.41, 5.74) is 32.7. The first-order valence-electron chi connectivity index (χ1n) is 11.6. The Kier molecular flexibility index (Phi) is 6.07. The van der Waals surface area contributed by atoms with Crippen LogP contribution in [0.25, 0.3) is 0 Å². The first kappa shape index (κ1) is 22.7. The highest BCUT2D eigenvalue weighted by atomic mass is 15.0. The predicted octanol–water partition coefficient (Wildman–Crippen LogP) is 5.39. The van der Waals surface area contributed by atoms with Crippen molar-refractivity contribution in [1.29, 1.82) is 0 Å². The van der Waals surface area contributed by atoms with Crippen LogP contribution in [0.1, 0.15) is 0 Å². The van der Waals surface area contributed by atoms with Crippen LogP contribution < -0.4 is 32.1 Å². The van der Waals surface area contributed by atoms with Crippen molar-refractivity contribution in [2.75, 3.05) is 22.9 Å². The largest absolute Gasteiger partial charge is 0.399 e. The van der Waals surface area contributed by atoms with Crippen LogP contribution in [-0.2, 0) is 0 Å². The van der Waals surface area contributed by atoms with Gasteiger partial charge in [-0.1, -0.05) is 0 Å². The van der Waals surface area contributed by atoms with E-state index in [1.54, 1.807) is 0 Å². The monoisotopic (exact) mass is 472 g/mol. The van der Waals surface area contributed by atoms with Crippen LogP contribution in [0.15, 0.2) is 121 Å². The number of benzene rings is 4. The molecule has 0 heterocycles. The summed E-state index contributed by atoms with van der Waals surface area (Å²) in [5.74, 6) is 0. The van der Waals surface area contributed by atoms with Gasteiger partial charge in [0.25, 0.3) is 0 Å². The molecule has 0 unspecified atom stereocenters. The van der Waals surface area contributed by atoms with E-state index in [2.05, 4.69) is 33.5 Å². The van der Waals surface area contributed by atoms with Crippen molar-refractivity contribution in [3.63, 3.8) is 0 Å². The molecule has 0 aliphatic heterocycles. The number of anilines is 4. The summed E-state index contributed by atoms with van der Waals surface area (Å²) in [6, 6.07) is 31.3. The van der Waals surface area contributed by atoms with Crippen molar-refractivity contribution in [1.82, 2.24) is 9.15 Å². The lowest BCUT2D eigenvalue weighted by atomic mass is 10.1. The Balaban J connectivity index is 1.66. The maximum absolute atomic E-state index is 5.95. The molecule has 6 nitrogen and oxygen atoms in total. The Bertz CT molecular complexity index is 1280. The van der Waals surface area contributed by atoms with Gasteiger partial charge in [0.15, 0.2) is 0 Å². The first-order chi connectivity index (χ1) is 17.5. The highest BCUT2D eigenvalue weighted by Crippen LogP contribution is 2.26. The second kappa shape index (κ2) is 9.64. The summed E-state index contributed by atoms with van der Waals surface area (Å²) in [7, 11) is 0. The molecule has 6 heteroatoms. The summed E-state index contributed by atoms with van der Waals surface area (Å²) < 4.78 is 4.33. The zero-order chi connectivity index (χ0) is 25.1. The van der Waals surface area contributed by atoms with Gasteiger partial charge in [0.1, 0.15) is 0 Å². The molecule has 5 rings (SSSR count). The average Bonchev–Trinajstić information content (AvgIpc) is 2.90. The van der Waals surface area contributed by atoms with Gasteiger partial charge in [0.2, 0.25) is 34.2 Å². The minimum atomic E-state index is 0.717. The first-order valence-corrected chi connectivity index (χ1v) is 11.6. The van der Waals surface area contributed by atoms with E-state index >= 15 is 0 Å². The Morgan fingerprint density at radius 2 is 0.500 bits per heavy atom. The van der Waals surface area contributed by atoms with E-state index in [0.29, 0.717) is 22.7 Å². The van der Waals surface area contributed by atoms with Crippen molar-refractivity contribution in [2.45, 2.75) is 0 Å². The molecule has 0 atom stereocenters. The highest BCUT2D eigenvalue weighted by molar-refractivity contribution is 6.20. The van der Waals surface area contributed by atoms with Crippen molar-refractivity contribution in [3.05, 3.63) is 121 Å². The van der Waals surface area contributed by atoms with Gasteiger partial charge in [-0.05, 0) is 48.5 Å². The lowest BCUT2D eigenvalue weighted by molar-refractivity contribution is 1.08. The zero-order valence-corrected chi connectivity index (χ0v) is 19.8. The van der Waals surface area contributed by atoms with E-state index in [1.165, 1.54) is 0 Å². The van der Waals surface area contributed by atoms with E-state index < -0.39 is 0 Å². The molecule has 0 fully saturated rings. The maximum Gasteiger partial charge on any atom is 0.212 e. The SMILES string of the molecule is Nc1ccc([N+](=C2C=CC(=[N+](c3ccc(N)cc3)c3ccc(N)cc3)C=C2)c2ccc(N)cc2)cc1. The molecule has 36 heavy (non-hydrogen) atoms. The summed E-state index contributed by atoms with van der Waals surface area (Å²) in [5, 5.41) is 0.